The summed E-state index contributed by atoms with van der Waals surface area (Å²) >= 11 is 0. The first kappa shape index (κ1) is 12.0. The topological polar surface area (TPSA) is 47.3 Å². The van der Waals surface area contributed by atoms with Crippen LogP contribution in [0.2, 0.25) is 0 Å². The number of amides is 1. The zero-order chi connectivity index (χ0) is 13.3. The first-order valence-corrected chi connectivity index (χ1v) is 6.76. The molecule has 1 aromatic carbocycles. The summed E-state index contributed by atoms with van der Waals surface area (Å²) < 4.78 is 0. The molecule has 1 aliphatic heterocycles. The highest BCUT2D eigenvalue weighted by atomic mass is 16.2. The summed E-state index contributed by atoms with van der Waals surface area (Å²) in [6, 6.07) is 12.4. The maximum atomic E-state index is 12.2. The van der Waals surface area contributed by atoms with Crippen molar-refractivity contribution in [1.82, 2.24) is 4.90 Å². The van der Waals surface area contributed by atoms with Gasteiger partial charge in [0.05, 0.1) is 6.07 Å². The van der Waals surface area contributed by atoms with Gasteiger partial charge in [-0.1, -0.05) is 18.2 Å². The summed E-state index contributed by atoms with van der Waals surface area (Å²) in [6.45, 7) is 3.13. The van der Waals surface area contributed by atoms with Gasteiger partial charge in [-0.15, -0.1) is 0 Å². The van der Waals surface area contributed by atoms with E-state index in [0.29, 0.717) is 0 Å². The van der Waals surface area contributed by atoms with Gasteiger partial charge < -0.3 is 9.80 Å². The molecule has 0 atom stereocenters. The third kappa shape index (κ3) is 2.17. The molecule has 0 spiro atoms. The molecule has 1 heterocycles. The second kappa shape index (κ2) is 4.58. The average molecular weight is 255 g/mol. The Labute approximate surface area is 113 Å². The van der Waals surface area contributed by atoms with Crippen LogP contribution in [0.25, 0.3) is 0 Å². The fraction of sp³-hybridized carbons (Fsp3) is 0.467. The molecule has 1 amide bonds. The van der Waals surface area contributed by atoms with Crippen molar-refractivity contribution in [1.29, 1.82) is 5.26 Å². The molecule has 0 radical (unpaired) electrons. The summed E-state index contributed by atoms with van der Waals surface area (Å²) in [4.78, 5) is 16.4. The van der Waals surface area contributed by atoms with Gasteiger partial charge in [-0.05, 0) is 25.0 Å². The monoisotopic (exact) mass is 255 g/mol. The standard InChI is InChI=1S/C15H17N3O/c16-12-15(6-7-15)14(19)18-10-8-17(9-11-18)13-4-2-1-3-5-13/h1-5H,6-11H2. The van der Waals surface area contributed by atoms with Crippen LogP contribution >= 0.6 is 0 Å². The van der Waals surface area contributed by atoms with Gasteiger partial charge in [0, 0.05) is 31.9 Å². The van der Waals surface area contributed by atoms with Crippen LogP contribution in [-0.4, -0.2) is 37.0 Å². The number of benzene rings is 1. The Morgan fingerprint density at radius 3 is 2.26 bits per heavy atom. The lowest BCUT2D eigenvalue weighted by Gasteiger charge is -2.36. The number of carbonyl (C=O) groups is 1. The highest BCUT2D eigenvalue weighted by Gasteiger charge is 2.52. The normalized spacial score (nSPS) is 20.8. The maximum Gasteiger partial charge on any atom is 0.243 e. The molecule has 19 heavy (non-hydrogen) atoms. The third-order valence-corrected chi connectivity index (χ3v) is 4.06. The SMILES string of the molecule is N#CC1(C(=O)N2CCN(c3ccccc3)CC2)CC1. The number of hydrogen-bond donors (Lipinski definition) is 0. The fourth-order valence-electron chi connectivity index (χ4n) is 2.61. The Bertz CT molecular complexity index is 508. The number of rotatable bonds is 2. The van der Waals surface area contributed by atoms with Gasteiger partial charge in [0.1, 0.15) is 5.41 Å². The number of para-hydroxylation sites is 1. The number of hydrogen-bond acceptors (Lipinski definition) is 3. The molecule has 1 aromatic rings. The third-order valence-electron chi connectivity index (χ3n) is 4.06. The van der Waals surface area contributed by atoms with Crippen molar-refractivity contribution in [3.05, 3.63) is 30.3 Å². The van der Waals surface area contributed by atoms with Crippen LogP contribution in [0.4, 0.5) is 5.69 Å². The van der Waals surface area contributed by atoms with E-state index in [9.17, 15) is 4.79 Å². The summed E-state index contributed by atoms with van der Waals surface area (Å²) in [6.07, 6.45) is 1.47. The molecule has 0 unspecified atom stereocenters. The molecule has 4 nitrogen and oxygen atoms in total. The Kier molecular flexibility index (Phi) is 2.90. The minimum Gasteiger partial charge on any atom is -0.368 e. The zero-order valence-electron chi connectivity index (χ0n) is 10.9. The van der Waals surface area contributed by atoms with Crippen LogP contribution in [0.1, 0.15) is 12.8 Å². The number of anilines is 1. The van der Waals surface area contributed by atoms with Crippen molar-refractivity contribution in [2.45, 2.75) is 12.8 Å². The average Bonchev–Trinajstić information content (AvgIpc) is 3.29. The van der Waals surface area contributed by atoms with Crippen LogP contribution in [-0.2, 0) is 4.79 Å². The predicted molar refractivity (Wildman–Crippen MR) is 72.5 cm³/mol. The molecule has 2 aliphatic rings. The summed E-state index contributed by atoms with van der Waals surface area (Å²) in [5, 5.41) is 9.08. The minimum absolute atomic E-state index is 0.0442. The molecule has 4 heteroatoms. The van der Waals surface area contributed by atoms with Crippen molar-refractivity contribution in [3.63, 3.8) is 0 Å². The Morgan fingerprint density at radius 1 is 1.11 bits per heavy atom. The molecule has 1 saturated carbocycles. The van der Waals surface area contributed by atoms with Crippen LogP contribution < -0.4 is 4.90 Å². The van der Waals surface area contributed by atoms with E-state index in [1.165, 1.54) is 5.69 Å². The van der Waals surface area contributed by atoms with Crippen LogP contribution in [0.5, 0.6) is 0 Å². The van der Waals surface area contributed by atoms with Crippen molar-refractivity contribution < 1.29 is 4.79 Å². The molecule has 3 rings (SSSR count). The number of nitrogens with zero attached hydrogens (tertiary/aromatic N) is 3. The van der Waals surface area contributed by atoms with Gasteiger partial charge in [0.2, 0.25) is 5.91 Å². The van der Waals surface area contributed by atoms with Crippen molar-refractivity contribution in [3.8, 4) is 6.07 Å². The van der Waals surface area contributed by atoms with Crippen LogP contribution in [0.3, 0.4) is 0 Å². The van der Waals surface area contributed by atoms with E-state index in [1.807, 2.05) is 23.1 Å². The van der Waals surface area contributed by atoms with E-state index in [1.54, 1.807) is 0 Å². The summed E-state index contributed by atoms with van der Waals surface area (Å²) in [7, 11) is 0. The van der Waals surface area contributed by atoms with E-state index < -0.39 is 5.41 Å². The van der Waals surface area contributed by atoms with E-state index >= 15 is 0 Å². The maximum absolute atomic E-state index is 12.2. The Balaban J connectivity index is 1.61. The minimum atomic E-state index is -0.672. The molecule has 2 fully saturated rings. The smallest absolute Gasteiger partial charge is 0.243 e. The van der Waals surface area contributed by atoms with Gasteiger partial charge in [0.15, 0.2) is 0 Å². The van der Waals surface area contributed by atoms with E-state index in [2.05, 4.69) is 23.1 Å². The van der Waals surface area contributed by atoms with Crippen molar-refractivity contribution in [2.75, 3.05) is 31.1 Å². The van der Waals surface area contributed by atoms with Crippen molar-refractivity contribution >= 4 is 11.6 Å². The quantitative estimate of drug-likeness (QED) is 0.807. The van der Waals surface area contributed by atoms with Gasteiger partial charge in [-0.25, -0.2) is 0 Å². The highest BCUT2D eigenvalue weighted by molar-refractivity contribution is 5.88. The summed E-state index contributed by atoms with van der Waals surface area (Å²) in [5.74, 6) is 0.0442. The zero-order valence-corrected chi connectivity index (χ0v) is 10.9. The van der Waals surface area contributed by atoms with Gasteiger partial charge >= 0.3 is 0 Å². The van der Waals surface area contributed by atoms with E-state index in [-0.39, 0.29) is 5.91 Å². The lowest BCUT2D eigenvalue weighted by atomic mass is 10.1. The van der Waals surface area contributed by atoms with Gasteiger partial charge in [0.25, 0.3) is 0 Å². The second-order valence-corrected chi connectivity index (χ2v) is 5.31. The molecule has 1 aliphatic carbocycles. The van der Waals surface area contributed by atoms with Crippen LogP contribution in [0.15, 0.2) is 30.3 Å². The molecular formula is C15H17N3O. The molecule has 0 bridgehead atoms. The molecule has 1 saturated heterocycles. The van der Waals surface area contributed by atoms with Crippen molar-refractivity contribution in [2.24, 2.45) is 5.41 Å². The largest absolute Gasteiger partial charge is 0.368 e. The van der Waals surface area contributed by atoms with E-state index in [4.69, 9.17) is 5.26 Å². The molecule has 0 N–H and O–H groups in total. The number of nitriles is 1. The first-order chi connectivity index (χ1) is 9.25. The number of piperazine rings is 1. The molecular weight excluding hydrogens is 238 g/mol. The predicted octanol–water partition coefficient (Wildman–Crippen LogP) is 1.64. The molecule has 98 valence electrons. The summed E-state index contributed by atoms with van der Waals surface area (Å²) in [5.41, 5.74) is 0.533. The van der Waals surface area contributed by atoms with Gasteiger partial charge in [-0.2, -0.15) is 5.26 Å². The first-order valence-electron chi connectivity index (χ1n) is 6.76. The van der Waals surface area contributed by atoms with E-state index in [0.717, 1.165) is 39.0 Å². The van der Waals surface area contributed by atoms with Crippen LogP contribution in [0, 0.1) is 16.7 Å². The Morgan fingerprint density at radius 2 is 1.74 bits per heavy atom. The van der Waals surface area contributed by atoms with Gasteiger partial charge in [-0.3, -0.25) is 4.79 Å². The lowest BCUT2D eigenvalue weighted by molar-refractivity contribution is -0.135. The fourth-order valence-corrected chi connectivity index (χ4v) is 2.61. The highest BCUT2D eigenvalue weighted by Crippen LogP contribution is 2.46. The Hall–Kier alpha value is -2.02. The molecule has 0 aromatic heterocycles. The second-order valence-electron chi connectivity index (χ2n) is 5.31. The lowest BCUT2D eigenvalue weighted by Crippen LogP contribution is -2.50. The number of carbonyl (C=O) groups excluding carboxylic acids is 1.